The normalized spacial score (nSPS) is 14.0. The Kier molecular flexibility index (Phi) is 5.07. The molecule has 1 unspecified atom stereocenters. The number of nitrogens with one attached hydrogen (secondary N) is 1. The summed E-state index contributed by atoms with van der Waals surface area (Å²) in [6.45, 7) is 10.2. The summed E-state index contributed by atoms with van der Waals surface area (Å²) in [5, 5.41) is 3.59. The van der Waals surface area contributed by atoms with E-state index in [0.717, 1.165) is 25.1 Å². The summed E-state index contributed by atoms with van der Waals surface area (Å²) in [6.07, 6.45) is 5.11. The van der Waals surface area contributed by atoms with E-state index in [1.165, 1.54) is 6.42 Å². The summed E-state index contributed by atoms with van der Waals surface area (Å²) in [6, 6.07) is 4.55. The van der Waals surface area contributed by atoms with Crippen molar-refractivity contribution in [3.8, 4) is 0 Å². The molecule has 1 aromatic rings. The van der Waals surface area contributed by atoms with Crippen LogP contribution in [0, 0.1) is 5.41 Å². The Balaban J connectivity index is 2.18. The van der Waals surface area contributed by atoms with Gasteiger partial charge in [0.25, 0.3) is 0 Å². The maximum absolute atomic E-state index is 5.32. The monoisotopic (exact) mass is 223 g/mol. The SMILES string of the molecule is CCC(C)(C)CNC(C)CCc1ccco1. The summed E-state index contributed by atoms with van der Waals surface area (Å²) in [7, 11) is 0. The molecule has 1 rings (SSSR count). The van der Waals surface area contributed by atoms with Gasteiger partial charge in [-0.1, -0.05) is 20.8 Å². The first-order valence-electron chi connectivity index (χ1n) is 6.29. The van der Waals surface area contributed by atoms with Gasteiger partial charge in [-0.3, -0.25) is 0 Å². The van der Waals surface area contributed by atoms with Crippen molar-refractivity contribution in [1.82, 2.24) is 5.32 Å². The van der Waals surface area contributed by atoms with Crippen LogP contribution in [0.5, 0.6) is 0 Å². The third-order valence-corrected chi connectivity index (χ3v) is 3.29. The Morgan fingerprint density at radius 2 is 2.19 bits per heavy atom. The lowest BCUT2D eigenvalue weighted by Gasteiger charge is -2.25. The molecule has 1 aromatic heterocycles. The van der Waals surface area contributed by atoms with Gasteiger partial charge in [0.1, 0.15) is 5.76 Å². The van der Waals surface area contributed by atoms with Gasteiger partial charge < -0.3 is 9.73 Å². The van der Waals surface area contributed by atoms with Crippen molar-refractivity contribution >= 4 is 0 Å². The van der Waals surface area contributed by atoms with E-state index in [-0.39, 0.29) is 0 Å². The molecule has 2 heteroatoms. The fourth-order valence-electron chi connectivity index (χ4n) is 1.49. The van der Waals surface area contributed by atoms with Gasteiger partial charge in [-0.05, 0) is 37.3 Å². The summed E-state index contributed by atoms with van der Waals surface area (Å²) in [5.74, 6) is 1.09. The fraction of sp³-hybridized carbons (Fsp3) is 0.714. The Hall–Kier alpha value is -0.760. The second-order valence-electron chi connectivity index (χ2n) is 5.42. The van der Waals surface area contributed by atoms with Gasteiger partial charge in [0.2, 0.25) is 0 Å². The molecule has 0 saturated carbocycles. The zero-order chi connectivity index (χ0) is 12.0. The van der Waals surface area contributed by atoms with Crippen LogP contribution in [0.25, 0.3) is 0 Å². The molecule has 1 N–H and O–H groups in total. The summed E-state index contributed by atoms with van der Waals surface area (Å²) < 4.78 is 5.32. The van der Waals surface area contributed by atoms with Crippen LogP contribution in [0.2, 0.25) is 0 Å². The number of aryl methyl sites for hydroxylation is 1. The Morgan fingerprint density at radius 3 is 2.75 bits per heavy atom. The molecule has 0 amide bonds. The molecule has 0 saturated heterocycles. The van der Waals surface area contributed by atoms with Gasteiger partial charge in [0.15, 0.2) is 0 Å². The second kappa shape index (κ2) is 6.09. The highest BCUT2D eigenvalue weighted by Crippen LogP contribution is 2.18. The average Bonchev–Trinajstić information content (AvgIpc) is 2.76. The zero-order valence-electron chi connectivity index (χ0n) is 11.0. The molecular weight excluding hydrogens is 198 g/mol. The smallest absolute Gasteiger partial charge is 0.103 e. The number of hydrogen-bond donors (Lipinski definition) is 1. The van der Waals surface area contributed by atoms with Crippen LogP contribution in [0.4, 0.5) is 0 Å². The summed E-state index contributed by atoms with van der Waals surface area (Å²) >= 11 is 0. The average molecular weight is 223 g/mol. The Labute approximate surface area is 99.4 Å². The van der Waals surface area contributed by atoms with Gasteiger partial charge in [-0.15, -0.1) is 0 Å². The minimum absolute atomic E-state index is 0.402. The lowest BCUT2D eigenvalue weighted by Crippen LogP contribution is -2.35. The molecule has 0 bridgehead atoms. The maximum atomic E-state index is 5.32. The molecule has 1 atom stereocenters. The topological polar surface area (TPSA) is 25.2 Å². The third-order valence-electron chi connectivity index (χ3n) is 3.29. The first-order chi connectivity index (χ1) is 7.53. The maximum Gasteiger partial charge on any atom is 0.103 e. The lowest BCUT2D eigenvalue weighted by atomic mass is 9.90. The lowest BCUT2D eigenvalue weighted by molar-refractivity contribution is 0.307. The van der Waals surface area contributed by atoms with Crippen LogP contribution in [0.3, 0.4) is 0 Å². The van der Waals surface area contributed by atoms with Crippen LogP contribution >= 0.6 is 0 Å². The second-order valence-corrected chi connectivity index (χ2v) is 5.42. The van der Waals surface area contributed by atoms with Gasteiger partial charge in [-0.25, -0.2) is 0 Å². The van der Waals surface area contributed by atoms with Crippen molar-refractivity contribution < 1.29 is 4.42 Å². The first kappa shape index (κ1) is 13.3. The van der Waals surface area contributed by atoms with E-state index in [2.05, 4.69) is 33.0 Å². The Morgan fingerprint density at radius 1 is 1.44 bits per heavy atom. The molecular formula is C14H25NO. The third kappa shape index (κ3) is 4.84. The standard InChI is InChI=1S/C14H25NO/c1-5-14(3,4)11-15-12(2)8-9-13-7-6-10-16-13/h6-7,10,12,15H,5,8-9,11H2,1-4H3. The van der Waals surface area contributed by atoms with Gasteiger partial charge in [0, 0.05) is 19.0 Å². The largest absolute Gasteiger partial charge is 0.469 e. The van der Waals surface area contributed by atoms with Crippen molar-refractivity contribution in [2.24, 2.45) is 5.41 Å². The number of furan rings is 1. The van der Waals surface area contributed by atoms with Crippen molar-refractivity contribution in [2.45, 2.75) is 53.0 Å². The molecule has 92 valence electrons. The van der Waals surface area contributed by atoms with Crippen molar-refractivity contribution in [3.05, 3.63) is 24.2 Å². The van der Waals surface area contributed by atoms with E-state index in [1.807, 2.05) is 12.1 Å². The van der Waals surface area contributed by atoms with E-state index < -0.39 is 0 Å². The highest BCUT2D eigenvalue weighted by atomic mass is 16.3. The molecule has 0 aliphatic heterocycles. The quantitative estimate of drug-likeness (QED) is 0.763. The van der Waals surface area contributed by atoms with Crippen molar-refractivity contribution in [2.75, 3.05) is 6.54 Å². The van der Waals surface area contributed by atoms with Gasteiger partial charge in [-0.2, -0.15) is 0 Å². The van der Waals surface area contributed by atoms with E-state index in [1.54, 1.807) is 6.26 Å². The molecule has 0 fully saturated rings. The van der Waals surface area contributed by atoms with E-state index >= 15 is 0 Å². The zero-order valence-corrected chi connectivity index (χ0v) is 11.0. The molecule has 16 heavy (non-hydrogen) atoms. The van der Waals surface area contributed by atoms with Crippen LogP contribution in [0.1, 0.15) is 46.3 Å². The van der Waals surface area contributed by atoms with Crippen LogP contribution in [-0.4, -0.2) is 12.6 Å². The molecule has 0 radical (unpaired) electrons. The van der Waals surface area contributed by atoms with E-state index in [0.29, 0.717) is 11.5 Å². The highest BCUT2D eigenvalue weighted by Gasteiger charge is 2.15. The van der Waals surface area contributed by atoms with Crippen LogP contribution in [0.15, 0.2) is 22.8 Å². The molecule has 0 aliphatic carbocycles. The van der Waals surface area contributed by atoms with E-state index in [4.69, 9.17) is 4.42 Å². The fourth-order valence-corrected chi connectivity index (χ4v) is 1.49. The van der Waals surface area contributed by atoms with Crippen LogP contribution in [-0.2, 0) is 6.42 Å². The molecule has 2 nitrogen and oxygen atoms in total. The van der Waals surface area contributed by atoms with E-state index in [9.17, 15) is 0 Å². The molecule has 0 aromatic carbocycles. The van der Waals surface area contributed by atoms with Crippen molar-refractivity contribution in [3.63, 3.8) is 0 Å². The number of hydrogen-bond acceptors (Lipinski definition) is 2. The highest BCUT2D eigenvalue weighted by molar-refractivity contribution is 4.98. The summed E-state index contributed by atoms with van der Waals surface area (Å²) in [5.41, 5.74) is 0.402. The molecule has 0 aliphatic rings. The Bertz CT molecular complexity index is 277. The van der Waals surface area contributed by atoms with Gasteiger partial charge in [0.05, 0.1) is 6.26 Å². The minimum Gasteiger partial charge on any atom is -0.469 e. The molecule has 1 heterocycles. The predicted octanol–water partition coefficient (Wildman–Crippen LogP) is 3.63. The summed E-state index contributed by atoms with van der Waals surface area (Å²) in [4.78, 5) is 0. The van der Waals surface area contributed by atoms with Crippen molar-refractivity contribution in [1.29, 1.82) is 0 Å². The first-order valence-corrected chi connectivity index (χ1v) is 6.29. The molecule has 0 spiro atoms. The minimum atomic E-state index is 0.402. The predicted molar refractivity (Wildman–Crippen MR) is 68.6 cm³/mol. The number of rotatable bonds is 7. The van der Waals surface area contributed by atoms with Crippen LogP contribution < -0.4 is 5.32 Å². The van der Waals surface area contributed by atoms with Gasteiger partial charge >= 0.3 is 0 Å².